The van der Waals surface area contributed by atoms with Crippen molar-refractivity contribution in [2.24, 2.45) is 5.92 Å². The van der Waals surface area contributed by atoms with E-state index in [1.165, 1.54) is 0 Å². The number of aromatic nitrogens is 2. The van der Waals surface area contributed by atoms with E-state index in [2.05, 4.69) is 35.4 Å². The number of para-hydroxylation sites is 1. The third-order valence-electron chi connectivity index (χ3n) is 3.49. The van der Waals surface area contributed by atoms with Crippen LogP contribution in [0.4, 0.5) is 0 Å². The van der Waals surface area contributed by atoms with Gasteiger partial charge in [-0.25, -0.2) is 0 Å². The molecule has 1 aromatic carbocycles. The highest BCUT2D eigenvalue weighted by Crippen LogP contribution is 2.26. The summed E-state index contributed by atoms with van der Waals surface area (Å²) in [5.74, 6) is 0.178. The number of carbonyl (C=O) groups is 1. The van der Waals surface area contributed by atoms with Crippen molar-refractivity contribution >= 4 is 28.1 Å². The van der Waals surface area contributed by atoms with Crippen LogP contribution >= 0.6 is 11.3 Å². The average molecular weight is 299 g/mol. The number of thiophene rings is 1. The number of carbonyl (C=O) groups excluding carboxylic acids is 1. The molecule has 1 atom stereocenters. The Kier molecular flexibility index (Phi) is 3.75. The largest absolute Gasteiger partial charge is 0.343 e. The molecular formula is C16H17N3OS. The average Bonchev–Trinajstić information content (AvgIpc) is 3.13. The lowest BCUT2D eigenvalue weighted by Crippen LogP contribution is -2.31. The summed E-state index contributed by atoms with van der Waals surface area (Å²) in [6.07, 6.45) is 0. The van der Waals surface area contributed by atoms with Crippen molar-refractivity contribution in [1.82, 2.24) is 15.5 Å². The molecule has 1 unspecified atom stereocenters. The first kappa shape index (κ1) is 13.8. The Labute approximate surface area is 127 Å². The molecule has 2 aromatic heterocycles. The summed E-state index contributed by atoms with van der Waals surface area (Å²) >= 11 is 1.66. The number of H-pyrrole nitrogens is 1. The maximum Gasteiger partial charge on any atom is 0.272 e. The fraction of sp³-hybridized carbons (Fsp3) is 0.250. The molecule has 108 valence electrons. The minimum absolute atomic E-state index is 0.00737. The van der Waals surface area contributed by atoms with Gasteiger partial charge in [0.25, 0.3) is 5.91 Å². The molecule has 3 rings (SSSR count). The number of rotatable bonds is 4. The molecule has 0 saturated carbocycles. The van der Waals surface area contributed by atoms with Gasteiger partial charge in [-0.15, -0.1) is 11.3 Å². The lowest BCUT2D eigenvalue weighted by Gasteiger charge is -2.20. The van der Waals surface area contributed by atoms with Crippen LogP contribution in [0.15, 0.2) is 41.8 Å². The minimum atomic E-state index is -0.139. The summed E-state index contributed by atoms with van der Waals surface area (Å²) in [7, 11) is 0. The van der Waals surface area contributed by atoms with E-state index in [1.54, 1.807) is 11.3 Å². The quantitative estimate of drug-likeness (QED) is 0.771. The van der Waals surface area contributed by atoms with Gasteiger partial charge in [-0.05, 0) is 23.4 Å². The fourth-order valence-electron chi connectivity index (χ4n) is 2.38. The molecule has 0 fully saturated rings. The van der Waals surface area contributed by atoms with Gasteiger partial charge in [0.15, 0.2) is 5.69 Å². The molecule has 3 aromatic rings. The number of fused-ring (bicyclic) bond motifs is 1. The molecule has 0 saturated heterocycles. The maximum atomic E-state index is 12.5. The highest BCUT2D eigenvalue weighted by Gasteiger charge is 2.22. The van der Waals surface area contributed by atoms with Crippen molar-refractivity contribution in [2.45, 2.75) is 19.9 Å². The number of hydrogen-bond acceptors (Lipinski definition) is 3. The van der Waals surface area contributed by atoms with E-state index in [1.807, 2.05) is 35.7 Å². The lowest BCUT2D eigenvalue weighted by atomic mass is 10.0. The first-order valence-electron chi connectivity index (χ1n) is 6.94. The molecule has 1 amide bonds. The van der Waals surface area contributed by atoms with E-state index < -0.39 is 0 Å². The smallest absolute Gasteiger partial charge is 0.272 e. The van der Waals surface area contributed by atoms with Gasteiger partial charge in [-0.3, -0.25) is 9.89 Å². The number of aromatic amines is 1. The number of nitrogens with zero attached hydrogens (tertiary/aromatic N) is 1. The second-order valence-corrected chi connectivity index (χ2v) is 6.31. The zero-order chi connectivity index (χ0) is 14.8. The van der Waals surface area contributed by atoms with E-state index in [4.69, 9.17) is 0 Å². The predicted octanol–water partition coefficient (Wildman–Crippen LogP) is 3.75. The Morgan fingerprint density at radius 2 is 2.05 bits per heavy atom. The third kappa shape index (κ3) is 2.69. The van der Waals surface area contributed by atoms with E-state index >= 15 is 0 Å². The molecular weight excluding hydrogens is 282 g/mol. The zero-order valence-electron chi connectivity index (χ0n) is 12.0. The monoisotopic (exact) mass is 299 g/mol. The highest BCUT2D eigenvalue weighted by atomic mass is 32.1. The van der Waals surface area contributed by atoms with Gasteiger partial charge in [0.05, 0.1) is 11.6 Å². The molecule has 2 heterocycles. The molecule has 0 aliphatic heterocycles. The standard InChI is InChI=1S/C16H17N3OS/c1-10(2)14(13-8-5-9-21-13)17-16(20)15-11-6-3-4-7-12(11)18-19-15/h3-10,14H,1-2H3,(H,17,20)(H,18,19). The topological polar surface area (TPSA) is 57.8 Å². The number of nitrogens with one attached hydrogen (secondary N) is 2. The van der Waals surface area contributed by atoms with Crippen LogP contribution in [0.5, 0.6) is 0 Å². The number of benzene rings is 1. The molecule has 4 nitrogen and oxygen atoms in total. The lowest BCUT2D eigenvalue weighted by molar-refractivity contribution is 0.0923. The molecule has 0 bridgehead atoms. The maximum absolute atomic E-state index is 12.5. The molecule has 5 heteroatoms. The van der Waals surface area contributed by atoms with Gasteiger partial charge in [0.2, 0.25) is 0 Å². The minimum Gasteiger partial charge on any atom is -0.343 e. The van der Waals surface area contributed by atoms with Crippen molar-refractivity contribution in [3.8, 4) is 0 Å². The Balaban J connectivity index is 1.88. The molecule has 0 aliphatic carbocycles. The van der Waals surface area contributed by atoms with Crippen LogP contribution in [0.1, 0.15) is 35.3 Å². The van der Waals surface area contributed by atoms with E-state index in [9.17, 15) is 4.79 Å². The van der Waals surface area contributed by atoms with Gasteiger partial charge >= 0.3 is 0 Å². The predicted molar refractivity (Wildman–Crippen MR) is 85.5 cm³/mol. The van der Waals surface area contributed by atoms with Gasteiger partial charge in [-0.1, -0.05) is 38.1 Å². The van der Waals surface area contributed by atoms with Crippen LogP contribution in [0.3, 0.4) is 0 Å². The fourth-order valence-corrected chi connectivity index (χ4v) is 3.33. The summed E-state index contributed by atoms with van der Waals surface area (Å²) < 4.78 is 0. The van der Waals surface area contributed by atoms with Crippen molar-refractivity contribution in [1.29, 1.82) is 0 Å². The van der Waals surface area contributed by atoms with Crippen LogP contribution < -0.4 is 5.32 Å². The SMILES string of the molecule is CC(C)C(NC(=O)c1n[nH]c2ccccc12)c1cccs1. The normalized spacial score (nSPS) is 12.7. The van der Waals surface area contributed by atoms with Gasteiger partial charge in [-0.2, -0.15) is 5.10 Å². The Morgan fingerprint density at radius 1 is 1.24 bits per heavy atom. The van der Waals surface area contributed by atoms with Crippen molar-refractivity contribution in [3.63, 3.8) is 0 Å². The highest BCUT2D eigenvalue weighted by molar-refractivity contribution is 7.10. The van der Waals surface area contributed by atoms with Gasteiger partial charge in [0, 0.05) is 10.3 Å². The van der Waals surface area contributed by atoms with Crippen LogP contribution in [-0.2, 0) is 0 Å². The van der Waals surface area contributed by atoms with Gasteiger partial charge in [0.1, 0.15) is 0 Å². The summed E-state index contributed by atoms with van der Waals surface area (Å²) in [6, 6.07) is 11.7. The Bertz CT molecular complexity index is 746. The summed E-state index contributed by atoms with van der Waals surface area (Å²) in [4.78, 5) is 13.7. The molecule has 0 radical (unpaired) electrons. The van der Waals surface area contributed by atoms with Crippen molar-refractivity contribution in [2.75, 3.05) is 0 Å². The molecule has 0 aliphatic rings. The summed E-state index contributed by atoms with van der Waals surface area (Å²) in [6.45, 7) is 4.21. The first-order chi connectivity index (χ1) is 10.2. The summed E-state index contributed by atoms with van der Waals surface area (Å²) in [5, 5.41) is 13.0. The van der Waals surface area contributed by atoms with Crippen LogP contribution in [0.25, 0.3) is 10.9 Å². The van der Waals surface area contributed by atoms with Crippen molar-refractivity contribution < 1.29 is 4.79 Å². The van der Waals surface area contributed by atoms with E-state index in [0.29, 0.717) is 11.6 Å². The number of hydrogen-bond donors (Lipinski definition) is 2. The molecule has 21 heavy (non-hydrogen) atoms. The second-order valence-electron chi connectivity index (χ2n) is 5.33. The van der Waals surface area contributed by atoms with Crippen LogP contribution in [-0.4, -0.2) is 16.1 Å². The van der Waals surface area contributed by atoms with E-state index in [0.717, 1.165) is 15.8 Å². The zero-order valence-corrected chi connectivity index (χ0v) is 12.8. The molecule has 2 N–H and O–H groups in total. The number of amides is 1. The second kappa shape index (κ2) is 5.69. The first-order valence-corrected chi connectivity index (χ1v) is 7.82. The van der Waals surface area contributed by atoms with Crippen LogP contribution in [0, 0.1) is 5.92 Å². The van der Waals surface area contributed by atoms with Crippen LogP contribution in [0.2, 0.25) is 0 Å². The Hall–Kier alpha value is -2.14. The third-order valence-corrected chi connectivity index (χ3v) is 4.44. The van der Waals surface area contributed by atoms with Gasteiger partial charge < -0.3 is 5.32 Å². The Morgan fingerprint density at radius 3 is 2.76 bits per heavy atom. The van der Waals surface area contributed by atoms with Crippen molar-refractivity contribution in [3.05, 3.63) is 52.3 Å². The molecule has 0 spiro atoms. The van der Waals surface area contributed by atoms with E-state index in [-0.39, 0.29) is 11.9 Å². The summed E-state index contributed by atoms with van der Waals surface area (Å²) in [5.41, 5.74) is 1.33.